The number of nitrogens with zero attached hydrogens (tertiary/aromatic N) is 3. The smallest absolute Gasteiger partial charge is 0.180 e. The van der Waals surface area contributed by atoms with Gasteiger partial charge >= 0.3 is 0 Å². The van der Waals surface area contributed by atoms with E-state index in [1.807, 2.05) is 6.92 Å². The molecule has 2 heterocycles. The Bertz CT molecular complexity index is 356. The van der Waals surface area contributed by atoms with E-state index in [9.17, 15) is 10.2 Å². The molecule has 16 heavy (non-hydrogen) atoms. The number of aliphatic hydroxyl groups excluding tert-OH is 3. The summed E-state index contributed by atoms with van der Waals surface area (Å²) in [6.45, 7) is 1.57. The van der Waals surface area contributed by atoms with Crippen molar-refractivity contribution >= 4 is 0 Å². The molecular formula is C9H15N3O4. The molecule has 7 nitrogen and oxygen atoms in total. The molecule has 1 aliphatic heterocycles. The first-order chi connectivity index (χ1) is 7.67. The van der Waals surface area contributed by atoms with Gasteiger partial charge in [0.15, 0.2) is 6.23 Å². The summed E-state index contributed by atoms with van der Waals surface area (Å²) in [5.41, 5.74) is 0. The Hall–Kier alpha value is -1.02. The summed E-state index contributed by atoms with van der Waals surface area (Å²) in [5.74, 6) is 0.637. The maximum atomic E-state index is 9.72. The molecule has 1 aromatic rings. The standard InChI is InChI=1S/C9H15N3O4/c1-2-6-10-4-12(11-6)9-8(15)7(14)5(3-13)16-9/h4-5,7-9,13-15H,2-3H2,1H3/t5-,7?,8+,9-/m1/s1. The summed E-state index contributed by atoms with van der Waals surface area (Å²) in [6, 6.07) is 0. The SMILES string of the molecule is CCc1ncn([C@@H]2O[C@H](CO)C(O)[C@@H]2O)n1. The van der Waals surface area contributed by atoms with Crippen molar-refractivity contribution < 1.29 is 20.1 Å². The molecule has 0 radical (unpaired) electrons. The lowest BCUT2D eigenvalue weighted by molar-refractivity contribution is -0.0589. The van der Waals surface area contributed by atoms with Crippen LogP contribution < -0.4 is 0 Å². The molecule has 2 rings (SSSR count). The van der Waals surface area contributed by atoms with E-state index in [1.54, 1.807) is 0 Å². The van der Waals surface area contributed by atoms with E-state index in [0.29, 0.717) is 12.2 Å². The van der Waals surface area contributed by atoms with Gasteiger partial charge in [0.05, 0.1) is 6.61 Å². The van der Waals surface area contributed by atoms with Crippen molar-refractivity contribution in [3.05, 3.63) is 12.2 Å². The average Bonchev–Trinajstić information content (AvgIpc) is 2.86. The Labute approximate surface area is 92.3 Å². The quantitative estimate of drug-likeness (QED) is 0.580. The lowest BCUT2D eigenvalue weighted by atomic mass is 10.1. The van der Waals surface area contributed by atoms with Crippen LogP contribution in [0.5, 0.6) is 0 Å². The van der Waals surface area contributed by atoms with Gasteiger partial charge in [-0.15, -0.1) is 0 Å². The van der Waals surface area contributed by atoms with Gasteiger partial charge in [0, 0.05) is 6.42 Å². The Balaban J connectivity index is 2.16. The molecule has 90 valence electrons. The normalized spacial score (nSPS) is 34.5. The third-order valence-corrected chi connectivity index (χ3v) is 2.65. The summed E-state index contributed by atoms with van der Waals surface area (Å²) in [4.78, 5) is 4.01. The van der Waals surface area contributed by atoms with Crippen LogP contribution in [0.25, 0.3) is 0 Å². The van der Waals surface area contributed by atoms with Crippen LogP contribution in [-0.4, -0.2) is 55.0 Å². The maximum Gasteiger partial charge on any atom is 0.180 e. The predicted octanol–water partition coefficient (Wildman–Crippen LogP) is -1.55. The Morgan fingerprint density at radius 2 is 2.19 bits per heavy atom. The van der Waals surface area contributed by atoms with Crippen LogP contribution in [0.1, 0.15) is 19.0 Å². The molecule has 0 aromatic carbocycles. The van der Waals surface area contributed by atoms with E-state index in [4.69, 9.17) is 9.84 Å². The first-order valence-electron chi connectivity index (χ1n) is 5.19. The molecule has 0 bridgehead atoms. The van der Waals surface area contributed by atoms with Gasteiger partial charge in [0.1, 0.15) is 30.5 Å². The van der Waals surface area contributed by atoms with Crippen LogP contribution in [0.3, 0.4) is 0 Å². The molecule has 4 atom stereocenters. The Morgan fingerprint density at radius 3 is 2.69 bits per heavy atom. The minimum absolute atomic E-state index is 0.343. The first-order valence-corrected chi connectivity index (χ1v) is 5.19. The van der Waals surface area contributed by atoms with Crippen LogP contribution >= 0.6 is 0 Å². The van der Waals surface area contributed by atoms with Gasteiger partial charge in [-0.2, -0.15) is 5.10 Å². The predicted molar refractivity (Wildman–Crippen MR) is 52.4 cm³/mol. The highest BCUT2D eigenvalue weighted by Gasteiger charge is 2.43. The average molecular weight is 229 g/mol. The second kappa shape index (κ2) is 4.46. The zero-order valence-electron chi connectivity index (χ0n) is 8.89. The molecule has 0 saturated carbocycles. The topological polar surface area (TPSA) is 101 Å². The highest BCUT2D eigenvalue weighted by Crippen LogP contribution is 2.28. The number of aliphatic hydroxyl groups is 3. The highest BCUT2D eigenvalue weighted by molar-refractivity contribution is 4.90. The first kappa shape index (κ1) is 11.5. The Morgan fingerprint density at radius 1 is 1.44 bits per heavy atom. The number of rotatable bonds is 3. The molecule has 0 spiro atoms. The largest absolute Gasteiger partial charge is 0.394 e. The van der Waals surface area contributed by atoms with E-state index in [0.717, 1.165) is 0 Å². The van der Waals surface area contributed by atoms with Crippen LogP contribution in [0.15, 0.2) is 6.33 Å². The van der Waals surface area contributed by atoms with Crippen LogP contribution in [0.2, 0.25) is 0 Å². The second-order valence-corrected chi connectivity index (χ2v) is 3.72. The maximum absolute atomic E-state index is 9.72. The molecule has 0 aliphatic carbocycles. The fraction of sp³-hybridized carbons (Fsp3) is 0.778. The highest BCUT2D eigenvalue weighted by atomic mass is 16.6. The van der Waals surface area contributed by atoms with Gasteiger partial charge in [-0.3, -0.25) is 0 Å². The zero-order valence-corrected chi connectivity index (χ0v) is 8.89. The van der Waals surface area contributed by atoms with Crippen LogP contribution in [0.4, 0.5) is 0 Å². The molecule has 1 aromatic heterocycles. The van der Waals surface area contributed by atoms with Gasteiger partial charge in [-0.25, -0.2) is 9.67 Å². The summed E-state index contributed by atoms with van der Waals surface area (Å²) in [7, 11) is 0. The third-order valence-electron chi connectivity index (χ3n) is 2.65. The van der Waals surface area contributed by atoms with Crippen molar-refractivity contribution in [2.24, 2.45) is 0 Å². The summed E-state index contributed by atoms with van der Waals surface area (Å²) < 4.78 is 6.65. The number of aromatic nitrogens is 3. The molecule has 1 unspecified atom stereocenters. The van der Waals surface area contributed by atoms with Gasteiger partial charge in [-0.1, -0.05) is 6.92 Å². The van der Waals surface area contributed by atoms with E-state index in [-0.39, 0.29) is 6.61 Å². The fourth-order valence-corrected chi connectivity index (χ4v) is 1.69. The molecule has 3 N–H and O–H groups in total. The number of aryl methyl sites for hydroxylation is 1. The van der Waals surface area contributed by atoms with E-state index < -0.39 is 24.5 Å². The minimum Gasteiger partial charge on any atom is -0.394 e. The molecule has 1 fully saturated rings. The summed E-state index contributed by atoms with van der Waals surface area (Å²) in [5, 5.41) is 32.3. The van der Waals surface area contributed by atoms with Crippen molar-refractivity contribution in [3.63, 3.8) is 0 Å². The zero-order chi connectivity index (χ0) is 11.7. The molecular weight excluding hydrogens is 214 g/mol. The van der Waals surface area contributed by atoms with E-state index in [2.05, 4.69) is 10.1 Å². The second-order valence-electron chi connectivity index (χ2n) is 3.72. The number of hydrogen-bond acceptors (Lipinski definition) is 6. The number of ether oxygens (including phenoxy) is 1. The van der Waals surface area contributed by atoms with Crippen molar-refractivity contribution in [2.75, 3.05) is 6.61 Å². The van der Waals surface area contributed by atoms with Gasteiger partial charge in [0.25, 0.3) is 0 Å². The summed E-state index contributed by atoms with van der Waals surface area (Å²) in [6.07, 6.45) is -1.66. The monoisotopic (exact) mass is 229 g/mol. The van der Waals surface area contributed by atoms with Crippen molar-refractivity contribution in [1.82, 2.24) is 14.8 Å². The van der Waals surface area contributed by atoms with Crippen LogP contribution in [0, 0.1) is 0 Å². The Kier molecular flexibility index (Phi) is 3.20. The number of hydrogen-bond donors (Lipinski definition) is 3. The third kappa shape index (κ3) is 1.82. The van der Waals surface area contributed by atoms with Crippen molar-refractivity contribution in [2.45, 2.75) is 37.9 Å². The van der Waals surface area contributed by atoms with Gasteiger partial charge in [0.2, 0.25) is 0 Å². The van der Waals surface area contributed by atoms with Gasteiger partial charge < -0.3 is 20.1 Å². The summed E-state index contributed by atoms with van der Waals surface area (Å²) >= 11 is 0. The van der Waals surface area contributed by atoms with E-state index >= 15 is 0 Å². The fourth-order valence-electron chi connectivity index (χ4n) is 1.69. The molecule has 0 amide bonds. The van der Waals surface area contributed by atoms with Crippen molar-refractivity contribution in [3.8, 4) is 0 Å². The van der Waals surface area contributed by atoms with Gasteiger partial charge in [-0.05, 0) is 0 Å². The lowest BCUT2D eigenvalue weighted by Gasteiger charge is -2.13. The van der Waals surface area contributed by atoms with Crippen molar-refractivity contribution in [1.29, 1.82) is 0 Å². The van der Waals surface area contributed by atoms with Crippen LogP contribution in [-0.2, 0) is 11.2 Å². The molecule has 1 aliphatic rings. The van der Waals surface area contributed by atoms with E-state index in [1.165, 1.54) is 11.0 Å². The minimum atomic E-state index is -1.11. The molecule has 7 heteroatoms. The molecule has 1 saturated heterocycles. The lowest BCUT2D eigenvalue weighted by Crippen LogP contribution is -2.33.